The fourth-order valence-corrected chi connectivity index (χ4v) is 3.50. The second-order valence-corrected chi connectivity index (χ2v) is 6.85. The highest BCUT2D eigenvalue weighted by Crippen LogP contribution is 2.27. The van der Waals surface area contributed by atoms with Crippen LogP contribution in [0, 0.1) is 0 Å². The molecule has 1 N–H and O–H groups in total. The van der Waals surface area contributed by atoms with E-state index in [4.69, 9.17) is 9.97 Å². The lowest BCUT2D eigenvalue weighted by atomic mass is 10.2. The summed E-state index contributed by atoms with van der Waals surface area (Å²) >= 11 is 0. The van der Waals surface area contributed by atoms with Crippen molar-refractivity contribution in [2.75, 3.05) is 44.2 Å². The number of nitrogens with one attached hydrogen (secondary N) is 1. The second kappa shape index (κ2) is 8.31. The number of fused-ring (bicyclic) bond motifs is 1. The van der Waals surface area contributed by atoms with Gasteiger partial charge >= 0.3 is 0 Å². The number of amides is 1. The number of hydrogen-bond acceptors (Lipinski definition) is 6. The number of nitrogens with zero attached hydrogens (tertiary/aromatic N) is 5. The molecule has 1 aliphatic rings. The number of piperazine rings is 1. The van der Waals surface area contributed by atoms with E-state index < -0.39 is 0 Å². The van der Waals surface area contributed by atoms with Crippen LogP contribution in [0.4, 0.5) is 5.82 Å². The van der Waals surface area contributed by atoms with Crippen molar-refractivity contribution in [3.05, 3.63) is 48.8 Å². The van der Waals surface area contributed by atoms with Crippen LogP contribution in [-0.2, 0) is 4.79 Å². The zero-order chi connectivity index (χ0) is 19.3. The molecular formula is C21H24N6O. The van der Waals surface area contributed by atoms with Crippen LogP contribution in [0.3, 0.4) is 0 Å². The van der Waals surface area contributed by atoms with E-state index in [9.17, 15) is 4.79 Å². The summed E-state index contributed by atoms with van der Waals surface area (Å²) < 4.78 is 0. The molecule has 4 rings (SSSR count). The third-order valence-electron chi connectivity index (χ3n) is 4.92. The van der Waals surface area contributed by atoms with Gasteiger partial charge in [0.05, 0.1) is 12.1 Å². The number of anilines is 1. The normalized spacial score (nSPS) is 15.0. The number of pyridine rings is 1. The van der Waals surface area contributed by atoms with Crippen LogP contribution in [0.5, 0.6) is 0 Å². The Hall–Kier alpha value is -3.06. The van der Waals surface area contributed by atoms with E-state index in [2.05, 4.69) is 26.2 Å². The lowest BCUT2D eigenvalue weighted by Gasteiger charge is -2.35. The van der Waals surface area contributed by atoms with Crippen LogP contribution in [0.25, 0.3) is 22.3 Å². The molecule has 1 aromatic carbocycles. The van der Waals surface area contributed by atoms with Crippen LogP contribution in [0.15, 0.2) is 48.8 Å². The summed E-state index contributed by atoms with van der Waals surface area (Å²) in [4.78, 5) is 30.1. The van der Waals surface area contributed by atoms with Crippen molar-refractivity contribution in [2.45, 2.75) is 6.92 Å². The van der Waals surface area contributed by atoms with E-state index in [0.29, 0.717) is 18.9 Å². The van der Waals surface area contributed by atoms with Gasteiger partial charge < -0.3 is 10.2 Å². The number of carbonyl (C=O) groups excluding carboxylic acids is 1. The number of rotatable bonds is 5. The molecule has 1 amide bonds. The quantitative estimate of drug-likeness (QED) is 0.734. The van der Waals surface area contributed by atoms with Gasteiger partial charge in [-0.05, 0) is 31.2 Å². The van der Waals surface area contributed by atoms with Gasteiger partial charge in [-0.1, -0.05) is 12.1 Å². The number of benzene rings is 1. The molecule has 0 radical (unpaired) electrons. The Bertz CT molecular complexity index is 954. The molecule has 0 bridgehead atoms. The zero-order valence-electron chi connectivity index (χ0n) is 16.0. The fraction of sp³-hybridized carbons (Fsp3) is 0.333. The molecule has 144 valence electrons. The average Bonchev–Trinajstić information content (AvgIpc) is 2.74. The smallest absolute Gasteiger partial charge is 0.234 e. The molecule has 2 aromatic heterocycles. The monoisotopic (exact) mass is 376 g/mol. The van der Waals surface area contributed by atoms with E-state index in [0.717, 1.165) is 48.5 Å². The van der Waals surface area contributed by atoms with E-state index in [1.165, 1.54) is 0 Å². The Morgan fingerprint density at radius 3 is 2.64 bits per heavy atom. The summed E-state index contributed by atoms with van der Waals surface area (Å²) in [6.07, 6.45) is 3.54. The van der Waals surface area contributed by atoms with Crippen LogP contribution < -0.4 is 10.2 Å². The van der Waals surface area contributed by atoms with Crippen LogP contribution in [-0.4, -0.2) is 65.0 Å². The maximum Gasteiger partial charge on any atom is 0.234 e. The van der Waals surface area contributed by atoms with Crippen LogP contribution in [0.2, 0.25) is 0 Å². The van der Waals surface area contributed by atoms with Gasteiger partial charge in [-0.15, -0.1) is 0 Å². The van der Waals surface area contributed by atoms with Gasteiger partial charge in [-0.2, -0.15) is 0 Å². The Kier molecular flexibility index (Phi) is 5.43. The molecule has 0 unspecified atom stereocenters. The van der Waals surface area contributed by atoms with E-state index in [1.807, 2.05) is 37.3 Å². The first-order valence-corrected chi connectivity index (χ1v) is 9.66. The summed E-state index contributed by atoms with van der Waals surface area (Å²) in [6.45, 7) is 6.38. The molecule has 0 aliphatic carbocycles. The van der Waals surface area contributed by atoms with Crippen molar-refractivity contribution in [3.8, 4) is 11.4 Å². The van der Waals surface area contributed by atoms with E-state index in [1.54, 1.807) is 12.4 Å². The first-order valence-electron chi connectivity index (χ1n) is 9.66. The van der Waals surface area contributed by atoms with E-state index in [-0.39, 0.29) is 5.91 Å². The topological polar surface area (TPSA) is 74.2 Å². The third kappa shape index (κ3) is 3.94. The minimum atomic E-state index is 0.0855. The number of aromatic nitrogens is 3. The molecule has 1 aliphatic heterocycles. The van der Waals surface area contributed by atoms with Crippen molar-refractivity contribution in [2.24, 2.45) is 0 Å². The predicted molar refractivity (Wildman–Crippen MR) is 110 cm³/mol. The zero-order valence-corrected chi connectivity index (χ0v) is 16.0. The highest BCUT2D eigenvalue weighted by molar-refractivity contribution is 5.91. The number of likely N-dealkylation sites (N-methyl/N-ethyl adjacent to an activating group) is 1. The fourth-order valence-electron chi connectivity index (χ4n) is 3.50. The maximum atomic E-state index is 11.8. The predicted octanol–water partition coefficient (Wildman–Crippen LogP) is 1.95. The summed E-state index contributed by atoms with van der Waals surface area (Å²) in [5.74, 6) is 1.72. The first-order chi connectivity index (χ1) is 13.7. The molecular weight excluding hydrogens is 352 g/mol. The molecule has 7 nitrogen and oxygen atoms in total. The summed E-state index contributed by atoms with van der Waals surface area (Å²) in [6, 6.07) is 12.0. The highest BCUT2D eigenvalue weighted by atomic mass is 16.2. The van der Waals surface area contributed by atoms with Crippen molar-refractivity contribution in [1.82, 2.24) is 25.2 Å². The molecule has 3 aromatic rings. The third-order valence-corrected chi connectivity index (χ3v) is 4.92. The van der Waals surface area contributed by atoms with Gasteiger partial charge in [0.2, 0.25) is 5.91 Å². The Morgan fingerprint density at radius 1 is 1.07 bits per heavy atom. The number of para-hydroxylation sites is 1. The molecule has 0 spiro atoms. The van der Waals surface area contributed by atoms with Crippen molar-refractivity contribution in [1.29, 1.82) is 0 Å². The average molecular weight is 376 g/mol. The highest BCUT2D eigenvalue weighted by Gasteiger charge is 2.22. The number of carbonyl (C=O) groups is 1. The molecule has 3 heterocycles. The summed E-state index contributed by atoms with van der Waals surface area (Å²) in [5.41, 5.74) is 1.83. The van der Waals surface area contributed by atoms with Crippen LogP contribution in [0.1, 0.15) is 6.92 Å². The maximum absolute atomic E-state index is 11.8. The largest absolute Gasteiger partial charge is 0.355 e. The minimum absolute atomic E-state index is 0.0855. The van der Waals surface area contributed by atoms with Gasteiger partial charge in [0.25, 0.3) is 0 Å². The Labute approximate surface area is 164 Å². The van der Waals surface area contributed by atoms with Gasteiger partial charge in [0.1, 0.15) is 5.82 Å². The van der Waals surface area contributed by atoms with Crippen LogP contribution >= 0.6 is 0 Å². The Morgan fingerprint density at radius 2 is 1.89 bits per heavy atom. The van der Waals surface area contributed by atoms with Crippen molar-refractivity contribution in [3.63, 3.8) is 0 Å². The number of hydrogen-bond donors (Lipinski definition) is 1. The summed E-state index contributed by atoms with van der Waals surface area (Å²) in [5, 5.41) is 3.91. The van der Waals surface area contributed by atoms with E-state index >= 15 is 0 Å². The molecule has 1 saturated heterocycles. The van der Waals surface area contributed by atoms with Crippen molar-refractivity contribution < 1.29 is 4.79 Å². The Balaban J connectivity index is 1.59. The summed E-state index contributed by atoms with van der Waals surface area (Å²) in [7, 11) is 0. The van der Waals surface area contributed by atoms with Gasteiger partial charge in [-0.3, -0.25) is 14.7 Å². The standard InChI is InChI=1S/C21H24N6O/c1-2-23-19(28)15-26-10-12-27(13-11-26)21-17-7-3-4-8-18(17)24-20(25-21)16-6-5-9-22-14-16/h3-9,14H,2,10-13,15H2,1H3,(H,23,28). The van der Waals surface area contributed by atoms with Gasteiger partial charge in [0.15, 0.2) is 5.82 Å². The lowest BCUT2D eigenvalue weighted by Crippen LogP contribution is -2.49. The first kappa shape index (κ1) is 18.3. The molecule has 0 atom stereocenters. The molecule has 0 saturated carbocycles. The second-order valence-electron chi connectivity index (χ2n) is 6.85. The van der Waals surface area contributed by atoms with Gasteiger partial charge in [0, 0.05) is 56.1 Å². The molecule has 1 fully saturated rings. The lowest BCUT2D eigenvalue weighted by molar-refractivity contribution is -0.122. The molecule has 7 heteroatoms. The minimum Gasteiger partial charge on any atom is -0.355 e. The SMILES string of the molecule is CCNC(=O)CN1CCN(c2nc(-c3cccnc3)nc3ccccc23)CC1. The van der Waals surface area contributed by atoms with Gasteiger partial charge in [-0.25, -0.2) is 9.97 Å². The molecule has 28 heavy (non-hydrogen) atoms. The van der Waals surface area contributed by atoms with Crippen molar-refractivity contribution >= 4 is 22.6 Å².